The zero-order valence-electron chi connectivity index (χ0n) is 14.9. The van der Waals surface area contributed by atoms with E-state index >= 15 is 0 Å². The molecule has 1 aromatic carbocycles. The fourth-order valence-corrected chi connectivity index (χ4v) is 2.69. The van der Waals surface area contributed by atoms with E-state index < -0.39 is 0 Å². The van der Waals surface area contributed by atoms with Crippen molar-refractivity contribution in [3.05, 3.63) is 35.4 Å². The average Bonchev–Trinajstić information content (AvgIpc) is 2.58. The van der Waals surface area contributed by atoms with Gasteiger partial charge in [-0.25, -0.2) is 0 Å². The molecule has 24 heavy (non-hydrogen) atoms. The standard InChI is InChI=1S/C18H28N4O2/c1-15(23)19-14-16-4-6-17(7-5-16)18(24)22-12-10-21(11-13-22)9-8-20(2)3/h4-7H,8-14H2,1-3H3,(H,19,23). The second kappa shape index (κ2) is 8.80. The number of hydrogen-bond acceptors (Lipinski definition) is 4. The molecule has 6 heteroatoms. The van der Waals surface area contributed by atoms with Crippen molar-refractivity contribution in [2.45, 2.75) is 13.5 Å². The molecule has 2 rings (SSSR count). The molecule has 1 aliphatic rings. The summed E-state index contributed by atoms with van der Waals surface area (Å²) in [6, 6.07) is 7.49. The molecule has 0 spiro atoms. The van der Waals surface area contributed by atoms with Crippen molar-refractivity contribution in [1.82, 2.24) is 20.0 Å². The van der Waals surface area contributed by atoms with Gasteiger partial charge < -0.3 is 15.1 Å². The van der Waals surface area contributed by atoms with Gasteiger partial charge in [0.2, 0.25) is 5.91 Å². The van der Waals surface area contributed by atoms with E-state index in [0.717, 1.165) is 44.8 Å². The van der Waals surface area contributed by atoms with Crippen molar-refractivity contribution in [3.8, 4) is 0 Å². The molecule has 1 aromatic rings. The Morgan fingerprint density at radius 3 is 2.25 bits per heavy atom. The molecule has 6 nitrogen and oxygen atoms in total. The van der Waals surface area contributed by atoms with Crippen LogP contribution in [0.1, 0.15) is 22.8 Å². The quantitative estimate of drug-likeness (QED) is 0.831. The minimum Gasteiger partial charge on any atom is -0.352 e. The van der Waals surface area contributed by atoms with Gasteiger partial charge in [-0.1, -0.05) is 12.1 Å². The summed E-state index contributed by atoms with van der Waals surface area (Å²) in [7, 11) is 4.16. The number of piperazine rings is 1. The van der Waals surface area contributed by atoms with Gasteiger partial charge in [-0.15, -0.1) is 0 Å². The van der Waals surface area contributed by atoms with Gasteiger partial charge in [0.05, 0.1) is 0 Å². The number of hydrogen-bond donors (Lipinski definition) is 1. The Balaban J connectivity index is 1.83. The molecule has 0 aliphatic carbocycles. The number of nitrogens with zero attached hydrogens (tertiary/aromatic N) is 3. The van der Waals surface area contributed by atoms with Gasteiger partial charge in [0.1, 0.15) is 0 Å². The third-order valence-corrected chi connectivity index (χ3v) is 4.27. The van der Waals surface area contributed by atoms with E-state index in [0.29, 0.717) is 12.1 Å². The van der Waals surface area contributed by atoms with Gasteiger partial charge in [0.15, 0.2) is 0 Å². The summed E-state index contributed by atoms with van der Waals surface area (Å²) in [5.74, 6) is 0.0376. The molecule has 0 radical (unpaired) electrons. The molecular weight excluding hydrogens is 304 g/mol. The van der Waals surface area contributed by atoms with Crippen molar-refractivity contribution < 1.29 is 9.59 Å². The van der Waals surface area contributed by atoms with E-state index in [9.17, 15) is 9.59 Å². The van der Waals surface area contributed by atoms with Crippen LogP contribution in [-0.2, 0) is 11.3 Å². The lowest BCUT2D eigenvalue weighted by atomic mass is 10.1. The van der Waals surface area contributed by atoms with E-state index in [1.54, 1.807) is 0 Å². The molecular formula is C18H28N4O2. The second-order valence-corrected chi connectivity index (χ2v) is 6.54. The molecule has 0 saturated carbocycles. The van der Waals surface area contributed by atoms with Crippen LogP contribution >= 0.6 is 0 Å². The predicted octanol–water partition coefficient (Wildman–Crippen LogP) is 0.642. The Kier molecular flexibility index (Phi) is 6.75. The van der Waals surface area contributed by atoms with Crippen molar-refractivity contribution >= 4 is 11.8 Å². The minimum absolute atomic E-state index is 0.0534. The van der Waals surface area contributed by atoms with Crippen LogP contribution in [0.4, 0.5) is 0 Å². The molecule has 2 amide bonds. The Hall–Kier alpha value is -1.92. The van der Waals surface area contributed by atoms with Crippen molar-refractivity contribution in [2.24, 2.45) is 0 Å². The largest absolute Gasteiger partial charge is 0.352 e. The number of benzene rings is 1. The van der Waals surface area contributed by atoms with Crippen LogP contribution in [0, 0.1) is 0 Å². The lowest BCUT2D eigenvalue weighted by Crippen LogP contribution is -2.49. The highest BCUT2D eigenvalue weighted by molar-refractivity contribution is 5.94. The molecule has 1 saturated heterocycles. The third-order valence-electron chi connectivity index (χ3n) is 4.27. The number of nitrogens with one attached hydrogen (secondary N) is 1. The average molecular weight is 332 g/mol. The number of rotatable bonds is 6. The summed E-state index contributed by atoms with van der Waals surface area (Å²) in [5.41, 5.74) is 1.71. The highest BCUT2D eigenvalue weighted by Gasteiger charge is 2.21. The van der Waals surface area contributed by atoms with Gasteiger partial charge in [0, 0.05) is 58.3 Å². The normalized spacial score (nSPS) is 15.6. The molecule has 1 fully saturated rings. The number of likely N-dealkylation sites (N-methyl/N-ethyl adjacent to an activating group) is 1. The molecule has 132 valence electrons. The Morgan fingerprint density at radius 2 is 1.71 bits per heavy atom. The number of carbonyl (C=O) groups excluding carboxylic acids is 2. The third kappa shape index (κ3) is 5.62. The SMILES string of the molecule is CC(=O)NCc1ccc(C(=O)N2CCN(CCN(C)C)CC2)cc1. The predicted molar refractivity (Wildman–Crippen MR) is 94.9 cm³/mol. The van der Waals surface area contributed by atoms with Crippen LogP contribution in [-0.4, -0.2) is 79.9 Å². The summed E-state index contributed by atoms with van der Waals surface area (Å²) < 4.78 is 0. The maximum absolute atomic E-state index is 12.6. The fraction of sp³-hybridized carbons (Fsp3) is 0.556. The highest BCUT2D eigenvalue weighted by atomic mass is 16.2. The molecule has 1 heterocycles. The topological polar surface area (TPSA) is 55.9 Å². The monoisotopic (exact) mass is 332 g/mol. The van der Waals surface area contributed by atoms with Crippen LogP contribution in [0.25, 0.3) is 0 Å². The summed E-state index contributed by atoms with van der Waals surface area (Å²) in [4.78, 5) is 30.0. The van der Waals surface area contributed by atoms with Crippen molar-refractivity contribution in [1.29, 1.82) is 0 Å². The Labute approximate surface area is 144 Å². The summed E-state index contributed by atoms with van der Waals surface area (Å²) in [5, 5.41) is 2.76. The molecule has 0 atom stereocenters. The van der Waals surface area contributed by atoms with Crippen LogP contribution in [0.2, 0.25) is 0 Å². The maximum Gasteiger partial charge on any atom is 0.253 e. The van der Waals surface area contributed by atoms with Gasteiger partial charge in [0.25, 0.3) is 5.91 Å². The van der Waals surface area contributed by atoms with Gasteiger partial charge in [-0.05, 0) is 31.8 Å². The first-order valence-corrected chi connectivity index (χ1v) is 8.45. The number of amides is 2. The molecule has 1 N–H and O–H groups in total. The second-order valence-electron chi connectivity index (χ2n) is 6.54. The molecule has 0 bridgehead atoms. The highest BCUT2D eigenvalue weighted by Crippen LogP contribution is 2.10. The van der Waals surface area contributed by atoms with Gasteiger partial charge in [-0.2, -0.15) is 0 Å². The van der Waals surface area contributed by atoms with Crippen molar-refractivity contribution in [2.75, 3.05) is 53.4 Å². The van der Waals surface area contributed by atoms with E-state index in [-0.39, 0.29) is 11.8 Å². The van der Waals surface area contributed by atoms with Gasteiger partial charge in [-0.3, -0.25) is 14.5 Å². The maximum atomic E-state index is 12.6. The lowest BCUT2D eigenvalue weighted by molar-refractivity contribution is -0.119. The van der Waals surface area contributed by atoms with E-state index in [1.807, 2.05) is 29.2 Å². The Morgan fingerprint density at radius 1 is 1.08 bits per heavy atom. The first kappa shape index (κ1) is 18.4. The zero-order valence-corrected chi connectivity index (χ0v) is 14.9. The summed E-state index contributed by atoms with van der Waals surface area (Å²) in [6.07, 6.45) is 0. The van der Waals surface area contributed by atoms with Crippen LogP contribution in [0.15, 0.2) is 24.3 Å². The molecule has 0 unspecified atom stereocenters. The fourth-order valence-electron chi connectivity index (χ4n) is 2.69. The van der Waals surface area contributed by atoms with Crippen LogP contribution < -0.4 is 5.32 Å². The van der Waals surface area contributed by atoms with E-state index in [4.69, 9.17) is 0 Å². The lowest BCUT2D eigenvalue weighted by Gasteiger charge is -2.35. The van der Waals surface area contributed by atoms with E-state index in [1.165, 1.54) is 6.92 Å². The van der Waals surface area contributed by atoms with Gasteiger partial charge >= 0.3 is 0 Å². The smallest absolute Gasteiger partial charge is 0.253 e. The number of carbonyl (C=O) groups is 2. The first-order valence-electron chi connectivity index (χ1n) is 8.45. The van der Waals surface area contributed by atoms with Crippen LogP contribution in [0.5, 0.6) is 0 Å². The van der Waals surface area contributed by atoms with E-state index in [2.05, 4.69) is 29.2 Å². The molecule has 1 aliphatic heterocycles. The molecule has 0 aromatic heterocycles. The van der Waals surface area contributed by atoms with Crippen molar-refractivity contribution in [3.63, 3.8) is 0 Å². The zero-order chi connectivity index (χ0) is 17.5. The summed E-state index contributed by atoms with van der Waals surface area (Å²) >= 11 is 0. The van der Waals surface area contributed by atoms with Crippen LogP contribution in [0.3, 0.4) is 0 Å². The first-order chi connectivity index (χ1) is 11.5. The minimum atomic E-state index is -0.0534. The Bertz CT molecular complexity index is 549. The summed E-state index contributed by atoms with van der Waals surface area (Å²) in [6.45, 7) is 7.50.